The lowest BCUT2D eigenvalue weighted by Crippen LogP contribution is -2.33. The van der Waals surface area contributed by atoms with E-state index in [0.29, 0.717) is 13.0 Å². The van der Waals surface area contributed by atoms with E-state index in [1.165, 1.54) is 35.2 Å². The molecule has 0 saturated heterocycles. The number of halogens is 3. The van der Waals surface area contributed by atoms with Crippen LogP contribution < -0.4 is 20.7 Å². The van der Waals surface area contributed by atoms with E-state index in [1.54, 1.807) is 18.2 Å². The SMILES string of the molecule is N#Cc1cc(Cl)cc(Oc2c(Cl)ccc(CNC(=O)c3cc4c5c(ccc4[nH]3)N(C(N)=O)CC5)c2F)c1. The standard InChI is InChI=1S/C26H18Cl2FN5O3/c27-15-7-13(11-30)8-16(9-15)37-24-19(28)2-1-14(23(24)29)12-32-25(35)21-10-18-17-5-6-34(26(31)36)22(17)4-3-20(18)33-21/h1-4,7-10,33H,5-6,12H2,(H2,31,36)(H,32,35). The van der Waals surface area contributed by atoms with Crippen molar-refractivity contribution in [2.45, 2.75) is 13.0 Å². The Morgan fingerprint density at radius 3 is 2.76 bits per heavy atom. The van der Waals surface area contributed by atoms with E-state index in [1.807, 2.05) is 6.07 Å². The average Bonchev–Trinajstić information content (AvgIpc) is 3.50. The van der Waals surface area contributed by atoms with Crippen molar-refractivity contribution in [3.8, 4) is 17.6 Å². The Kier molecular flexibility index (Phi) is 6.38. The zero-order valence-electron chi connectivity index (χ0n) is 19.1. The number of hydrogen-bond donors (Lipinski definition) is 3. The minimum absolute atomic E-state index is 0.0144. The lowest BCUT2D eigenvalue weighted by atomic mass is 10.1. The van der Waals surface area contributed by atoms with Crippen molar-refractivity contribution >= 4 is 51.7 Å². The van der Waals surface area contributed by atoms with Crippen LogP contribution in [0.5, 0.6) is 11.5 Å². The molecule has 11 heteroatoms. The van der Waals surface area contributed by atoms with Gasteiger partial charge in [0.1, 0.15) is 11.4 Å². The van der Waals surface area contributed by atoms with Gasteiger partial charge in [-0.25, -0.2) is 9.18 Å². The third-order valence-corrected chi connectivity index (χ3v) is 6.58. The molecular formula is C26H18Cl2FN5O3. The van der Waals surface area contributed by atoms with Crippen LogP contribution in [-0.2, 0) is 13.0 Å². The highest BCUT2D eigenvalue weighted by Gasteiger charge is 2.26. The van der Waals surface area contributed by atoms with Gasteiger partial charge >= 0.3 is 6.03 Å². The van der Waals surface area contributed by atoms with Crippen molar-refractivity contribution in [1.82, 2.24) is 10.3 Å². The Labute approximate surface area is 220 Å². The second-order valence-electron chi connectivity index (χ2n) is 8.37. The van der Waals surface area contributed by atoms with Gasteiger partial charge in [0.05, 0.1) is 16.7 Å². The third kappa shape index (κ3) is 4.65. The van der Waals surface area contributed by atoms with E-state index in [2.05, 4.69) is 10.3 Å². The van der Waals surface area contributed by atoms with E-state index in [9.17, 15) is 9.59 Å². The van der Waals surface area contributed by atoms with Crippen LogP contribution in [0.3, 0.4) is 0 Å². The highest BCUT2D eigenvalue weighted by Crippen LogP contribution is 2.36. The Hall–Kier alpha value is -4.26. The number of carbonyl (C=O) groups is 2. The van der Waals surface area contributed by atoms with Crippen LogP contribution in [-0.4, -0.2) is 23.5 Å². The van der Waals surface area contributed by atoms with Crippen molar-refractivity contribution in [1.29, 1.82) is 5.26 Å². The lowest BCUT2D eigenvalue weighted by molar-refractivity contribution is 0.0946. The highest BCUT2D eigenvalue weighted by molar-refractivity contribution is 6.32. The van der Waals surface area contributed by atoms with Crippen LogP contribution in [0, 0.1) is 17.1 Å². The number of urea groups is 1. The summed E-state index contributed by atoms with van der Waals surface area (Å²) in [5.41, 5.74) is 8.51. The van der Waals surface area contributed by atoms with Crippen LogP contribution in [0.1, 0.15) is 27.2 Å². The van der Waals surface area contributed by atoms with Crippen LogP contribution in [0.25, 0.3) is 10.9 Å². The molecule has 0 atom stereocenters. The van der Waals surface area contributed by atoms with Crippen LogP contribution in [0.2, 0.25) is 10.0 Å². The number of benzene rings is 3. The molecule has 8 nitrogen and oxygen atoms in total. The predicted octanol–water partition coefficient (Wildman–Crippen LogP) is 5.65. The summed E-state index contributed by atoms with van der Waals surface area (Å²) in [6.07, 6.45) is 0.621. The molecule has 0 bridgehead atoms. The number of fused-ring (bicyclic) bond motifs is 3. The molecule has 0 fully saturated rings. The smallest absolute Gasteiger partial charge is 0.319 e. The van der Waals surface area contributed by atoms with Gasteiger partial charge < -0.3 is 20.8 Å². The average molecular weight is 538 g/mol. The van der Waals surface area contributed by atoms with Gasteiger partial charge in [-0.3, -0.25) is 9.69 Å². The fourth-order valence-electron chi connectivity index (χ4n) is 4.34. The molecule has 0 radical (unpaired) electrons. The highest BCUT2D eigenvalue weighted by atomic mass is 35.5. The fourth-order valence-corrected chi connectivity index (χ4v) is 4.75. The first kappa shape index (κ1) is 24.4. The Balaban J connectivity index is 1.35. The number of nitrogens with one attached hydrogen (secondary N) is 2. The monoisotopic (exact) mass is 537 g/mol. The van der Waals surface area contributed by atoms with Crippen molar-refractivity contribution < 1.29 is 18.7 Å². The zero-order valence-corrected chi connectivity index (χ0v) is 20.6. The van der Waals surface area contributed by atoms with Gasteiger partial charge in [-0.2, -0.15) is 5.26 Å². The molecule has 0 saturated carbocycles. The molecule has 0 spiro atoms. The van der Waals surface area contributed by atoms with Gasteiger partial charge in [-0.05, 0) is 54.4 Å². The summed E-state index contributed by atoms with van der Waals surface area (Å²) in [6, 6.07) is 13.9. The second-order valence-corrected chi connectivity index (χ2v) is 9.21. The van der Waals surface area contributed by atoms with Crippen LogP contribution in [0.4, 0.5) is 14.9 Å². The summed E-state index contributed by atoms with van der Waals surface area (Å²) >= 11 is 12.2. The molecule has 1 aliphatic heterocycles. The Morgan fingerprint density at radius 2 is 2.00 bits per heavy atom. The van der Waals surface area contributed by atoms with Gasteiger partial charge in [0.15, 0.2) is 11.6 Å². The summed E-state index contributed by atoms with van der Waals surface area (Å²) in [5, 5.41) is 12.9. The lowest BCUT2D eigenvalue weighted by Gasteiger charge is -2.13. The molecule has 5 rings (SSSR count). The second kappa shape index (κ2) is 9.65. The zero-order chi connectivity index (χ0) is 26.3. The molecule has 0 aliphatic carbocycles. The summed E-state index contributed by atoms with van der Waals surface area (Å²) in [6.45, 7) is 0.337. The molecule has 1 aromatic heterocycles. The largest absolute Gasteiger partial charge is 0.453 e. The predicted molar refractivity (Wildman–Crippen MR) is 138 cm³/mol. The van der Waals surface area contributed by atoms with Crippen molar-refractivity contribution in [3.63, 3.8) is 0 Å². The van der Waals surface area contributed by atoms with Crippen LogP contribution >= 0.6 is 23.2 Å². The number of primary amides is 1. The summed E-state index contributed by atoms with van der Waals surface area (Å²) < 4.78 is 20.9. The maximum atomic E-state index is 15.3. The third-order valence-electron chi connectivity index (χ3n) is 6.07. The van der Waals surface area contributed by atoms with E-state index in [4.69, 9.17) is 38.9 Å². The molecule has 186 valence electrons. The molecule has 0 unspecified atom stereocenters. The van der Waals surface area contributed by atoms with Gasteiger partial charge in [0, 0.05) is 40.3 Å². The maximum absolute atomic E-state index is 15.3. The number of ether oxygens (including phenoxy) is 1. The molecule has 4 N–H and O–H groups in total. The molecule has 1 aliphatic rings. The first-order valence-electron chi connectivity index (χ1n) is 11.1. The van der Waals surface area contributed by atoms with E-state index >= 15 is 4.39 Å². The van der Waals surface area contributed by atoms with Crippen LogP contribution in [0.15, 0.2) is 48.5 Å². The first-order chi connectivity index (χ1) is 17.7. The normalized spacial score (nSPS) is 12.3. The maximum Gasteiger partial charge on any atom is 0.319 e. The number of nitrogens with two attached hydrogens (primary N) is 1. The fraction of sp³-hybridized carbons (Fsp3) is 0.115. The molecule has 3 aromatic carbocycles. The molecule has 37 heavy (non-hydrogen) atoms. The molecular weight excluding hydrogens is 520 g/mol. The number of hydrogen-bond acceptors (Lipinski definition) is 4. The number of nitrogens with zero attached hydrogens (tertiary/aromatic N) is 2. The summed E-state index contributed by atoms with van der Waals surface area (Å²) in [5.74, 6) is -1.31. The van der Waals surface area contributed by atoms with Gasteiger partial charge in [0.2, 0.25) is 0 Å². The topological polar surface area (TPSA) is 124 Å². The minimum atomic E-state index is -0.757. The quantitative estimate of drug-likeness (QED) is 0.304. The van der Waals surface area contributed by atoms with Gasteiger partial charge in [-0.1, -0.05) is 29.3 Å². The Bertz CT molecular complexity index is 1630. The summed E-state index contributed by atoms with van der Waals surface area (Å²) in [7, 11) is 0. The number of H-pyrrole nitrogens is 1. The number of anilines is 1. The number of rotatable bonds is 5. The number of amides is 3. The number of nitriles is 1. The van der Waals surface area contributed by atoms with Crippen molar-refractivity contribution in [3.05, 3.63) is 86.8 Å². The van der Waals surface area contributed by atoms with E-state index in [-0.39, 0.29) is 44.9 Å². The van der Waals surface area contributed by atoms with Gasteiger partial charge in [-0.15, -0.1) is 0 Å². The number of aromatic nitrogens is 1. The summed E-state index contributed by atoms with van der Waals surface area (Å²) in [4.78, 5) is 29.1. The minimum Gasteiger partial charge on any atom is -0.453 e. The van der Waals surface area contributed by atoms with E-state index in [0.717, 1.165) is 22.2 Å². The van der Waals surface area contributed by atoms with E-state index < -0.39 is 17.8 Å². The molecule has 4 aromatic rings. The number of carbonyl (C=O) groups excluding carboxylic acids is 2. The molecule has 2 heterocycles. The first-order valence-corrected chi connectivity index (χ1v) is 11.9. The Morgan fingerprint density at radius 1 is 1.19 bits per heavy atom. The van der Waals surface area contributed by atoms with Crippen molar-refractivity contribution in [2.24, 2.45) is 5.73 Å². The molecule has 3 amide bonds. The number of aromatic amines is 1. The van der Waals surface area contributed by atoms with Gasteiger partial charge in [0.25, 0.3) is 5.91 Å². The van der Waals surface area contributed by atoms with Crippen molar-refractivity contribution in [2.75, 3.05) is 11.4 Å².